The van der Waals surface area contributed by atoms with E-state index < -0.39 is 18.1 Å². The number of nitrogens with two attached hydrogens (primary N) is 2. The van der Waals surface area contributed by atoms with Gasteiger partial charge in [0.15, 0.2) is 0 Å². The Morgan fingerprint density at radius 1 is 1.50 bits per heavy atom. The highest BCUT2D eigenvalue weighted by Gasteiger charge is 2.46. The van der Waals surface area contributed by atoms with E-state index in [0.29, 0.717) is 0 Å². The molecule has 1 aliphatic rings. The molecule has 1 fully saturated rings. The first-order chi connectivity index (χ1) is 6.65. The second-order valence-corrected chi connectivity index (χ2v) is 3.57. The molecule has 7 nitrogen and oxygen atoms in total. The third-order valence-corrected chi connectivity index (χ3v) is 2.66. The minimum absolute atomic E-state index is 0.0216. The Bertz CT molecular complexity index is 224. The molecule has 0 saturated carbocycles. The van der Waals surface area contributed by atoms with Gasteiger partial charge in [0.2, 0.25) is 0 Å². The molecule has 1 aliphatic heterocycles. The van der Waals surface area contributed by atoms with Gasteiger partial charge in [-0.1, -0.05) is 10.4 Å². The van der Waals surface area contributed by atoms with Gasteiger partial charge in [0.25, 0.3) is 0 Å². The number of nitroso groups, excluding NO2 is 2. The van der Waals surface area contributed by atoms with E-state index in [2.05, 4.69) is 15.7 Å². The molecule has 7 heteroatoms. The number of hydrogen-bond donors (Lipinski definition) is 3. The van der Waals surface area contributed by atoms with Crippen molar-refractivity contribution in [3.63, 3.8) is 0 Å². The Morgan fingerprint density at radius 2 is 2.14 bits per heavy atom. The first-order valence-corrected chi connectivity index (χ1v) is 4.52. The van der Waals surface area contributed by atoms with Gasteiger partial charge in [-0.15, -0.1) is 0 Å². The molecule has 0 bridgehead atoms. The summed E-state index contributed by atoms with van der Waals surface area (Å²) in [5, 5.41) is 8.82. The zero-order valence-corrected chi connectivity index (χ0v) is 7.96. The molecule has 1 heterocycles. The van der Waals surface area contributed by atoms with Gasteiger partial charge in [-0.3, -0.25) is 0 Å². The minimum atomic E-state index is -0.682. The molecule has 0 amide bonds. The highest BCUT2D eigenvalue weighted by molar-refractivity contribution is 5.08. The van der Waals surface area contributed by atoms with Crippen LogP contribution in [0.5, 0.6) is 0 Å². The van der Waals surface area contributed by atoms with E-state index in [4.69, 9.17) is 11.5 Å². The molecule has 0 aromatic heterocycles. The monoisotopic (exact) mass is 201 g/mol. The topological polar surface area (TPSA) is 123 Å². The normalized spacial score (nSPS) is 35.5. The lowest BCUT2D eigenvalue weighted by atomic mass is 9.84. The van der Waals surface area contributed by atoms with Crippen LogP contribution in [0.3, 0.4) is 0 Å². The van der Waals surface area contributed by atoms with Crippen molar-refractivity contribution >= 4 is 0 Å². The van der Waals surface area contributed by atoms with Crippen molar-refractivity contribution in [1.82, 2.24) is 5.32 Å². The van der Waals surface area contributed by atoms with Gasteiger partial charge in [0, 0.05) is 18.6 Å². The Kier molecular flexibility index (Phi) is 3.62. The maximum absolute atomic E-state index is 10.5. The summed E-state index contributed by atoms with van der Waals surface area (Å²) in [7, 11) is 0. The SMILES string of the molecule is CC1NC(C(N=O)C(N)CN)C1N=O. The number of nitrogens with one attached hydrogen (secondary N) is 1. The van der Waals surface area contributed by atoms with E-state index in [1.54, 1.807) is 0 Å². The van der Waals surface area contributed by atoms with Crippen LogP contribution in [-0.4, -0.2) is 36.8 Å². The zero-order chi connectivity index (χ0) is 10.7. The van der Waals surface area contributed by atoms with Crippen molar-refractivity contribution in [3.8, 4) is 0 Å². The highest BCUT2D eigenvalue weighted by atomic mass is 16.3. The minimum Gasteiger partial charge on any atom is -0.329 e. The maximum atomic E-state index is 10.5. The lowest BCUT2D eigenvalue weighted by molar-refractivity contribution is 0.186. The first-order valence-electron chi connectivity index (χ1n) is 4.52. The molecule has 5 unspecified atom stereocenters. The molecule has 0 aromatic rings. The van der Waals surface area contributed by atoms with Gasteiger partial charge in [-0.05, 0) is 6.92 Å². The van der Waals surface area contributed by atoms with E-state index >= 15 is 0 Å². The van der Waals surface area contributed by atoms with Gasteiger partial charge >= 0.3 is 0 Å². The summed E-state index contributed by atoms with van der Waals surface area (Å²) in [6.45, 7) is 1.98. The predicted molar refractivity (Wildman–Crippen MR) is 52.6 cm³/mol. The predicted octanol–water partition coefficient (Wildman–Crippen LogP) is -1.10. The maximum Gasteiger partial charge on any atom is 0.126 e. The summed E-state index contributed by atoms with van der Waals surface area (Å²) >= 11 is 0. The third-order valence-electron chi connectivity index (χ3n) is 2.66. The number of nitrogens with zero attached hydrogens (tertiary/aromatic N) is 2. The smallest absolute Gasteiger partial charge is 0.126 e. The quantitative estimate of drug-likeness (QED) is 0.487. The molecular weight excluding hydrogens is 186 g/mol. The number of rotatable bonds is 5. The van der Waals surface area contributed by atoms with Crippen molar-refractivity contribution in [3.05, 3.63) is 9.81 Å². The van der Waals surface area contributed by atoms with Crippen LogP contribution in [0, 0.1) is 9.81 Å². The van der Waals surface area contributed by atoms with Crippen molar-refractivity contribution in [2.45, 2.75) is 37.1 Å². The summed E-state index contributed by atoms with van der Waals surface area (Å²) in [5.41, 5.74) is 10.9. The van der Waals surface area contributed by atoms with Gasteiger partial charge in [-0.25, -0.2) is 0 Å². The van der Waals surface area contributed by atoms with Gasteiger partial charge < -0.3 is 16.8 Å². The van der Waals surface area contributed by atoms with E-state index in [0.717, 1.165) is 0 Å². The van der Waals surface area contributed by atoms with E-state index in [9.17, 15) is 9.81 Å². The van der Waals surface area contributed by atoms with Crippen LogP contribution in [0.25, 0.3) is 0 Å². The van der Waals surface area contributed by atoms with Crippen molar-refractivity contribution in [2.24, 2.45) is 21.8 Å². The van der Waals surface area contributed by atoms with Crippen molar-refractivity contribution in [1.29, 1.82) is 0 Å². The van der Waals surface area contributed by atoms with Gasteiger partial charge in [0.1, 0.15) is 12.1 Å². The molecular formula is C7H15N5O2. The average Bonchev–Trinajstić information content (AvgIpc) is 2.17. The van der Waals surface area contributed by atoms with Crippen LogP contribution in [-0.2, 0) is 0 Å². The molecule has 1 rings (SSSR count). The van der Waals surface area contributed by atoms with Gasteiger partial charge in [0.05, 0.1) is 6.04 Å². The third kappa shape index (κ3) is 1.79. The van der Waals surface area contributed by atoms with Crippen LogP contribution < -0.4 is 16.8 Å². The van der Waals surface area contributed by atoms with Crippen LogP contribution >= 0.6 is 0 Å². The molecule has 0 aromatic carbocycles. The summed E-state index contributed by atoms with van der Waals surface area (Å²) in [6.07, 6.45) is 0. The van der Waals surface area contributed by atoms with Crippen LogP contribution in [0.4, 0.5) is 0 Å². The molecule has 1 saturated heterocycles. The lowest BCUT2D eigenvalue weighted by Crippen LogP contribution is -2.70. The molecule has 14 heavy (non-hydrogen) atoms. The molecule has 80 valence electrons. The Balaban J connectivity index is 2.62. The van der Waals surface area contributed by atoms with Crippen LogP contribution in [0.15, 0.2) is 10.4 Å². The molecule has 0 aliphatic carbocycles. The summed E-state index contributed by atoms with van der Waals surface area (Å²) < 4.78 is 0. The average molecular weight is 201 g/mol. The molecule has 5 N–H and O–H groups in total. The fourth-order valence-corrected chi connectivity index (χ4v) is 1.70. The van der Waals surface area contributed by atoms with Crippen molar-refractivity contribution in [2.75, 3.05) is 6.54 Å². The highest BCUT2D eigenvalue weighted by Crippen LogP contribution is 2.22. The number of hydrogen-bond acceptors (Lipinski definition) is 7. The summed E-state index contributed by atoms with van der Waals surface area (Å²) in [4.78, 5) is 21.0. The van der Waals surface area contributed by atoms with Crippen LogP contribution in [0.1, 0.15) is 6.92 Å². The first kappa shape index (κ1) is 11.2. The van der Waals surface area contributed by atoms with E-state index in [1.807, 2.05) is 6.92 Å². The Hall–Kier alpha value is -0.920. The van der Waals surface area contributed by atoms with E-state index in [1.165, 1.54) is 0 Å². The largest absolute Gasteiger partial charge is 0.329 e. The van der Waals surface area contributed by atoms with Gasteiger partial charge in [-0.2, -0.15) is 9.81 Å². The standard InChI is InChI=1S/C7H15N5O2/c1-3-5(11-13)7(10-3)6(12-14)4(9)2-8/h3-7,10H,2,8-9H2,1H3. The Labute approximate surface area is 81.5 Å². The lowest BCUT2D eigenvalue weighted by Gasteiger charge is -2.43. The van der Waals surface area contributed by atoms with E-state index in [-0.39, 0.29) is 18.6 Å². The fourth-order valence-electron chi connectivity index (χ4n) is 1.70. The second-order valence-electron chi connectivity index (χ2n) is 3.57. The molecule has 0 spiro atoms. The zero-order valence-electron chi connectivity index (χ0n) is 7.96. The second kappa shape index (κ2) is 4.54. The molecule has 5 atom stereocenters. The summed E-state index contributed by atoms with van der Waals surface area (Å²) in [5.74, 6) is 0. The summed E-state index contributed by atoms with van der Waals surface area (Å²) in [6, 6.07) is -2.03. The Morgan fingerprint density at radius 3 is 2.50 bits per heavy atom. The van der Waals surface area contributed by atoms with Crippen LogP contribution in [0.2, 0.25) is 0 Å². The molecule has 0 radical (unpaired) electrons. The fraction of sp³-hybridized carbons (Fsp3) is 1.00. The van der Waals surface area contributed by atoms with Crippen molar-refractivity contribution < 1.29 is 0 Å².